The van der Waals surface area contributed by atoms with Crippen LogP contribution in [-0.4, -0.2) is 58.4 Å². The molecule has 1 amide bonds. The van der Waals surface area contributed by atoms with E-state index >= 15 is 0 Å². The Bertz CT molecular complexity index is 721. The van der Waals surface area contributed by atoms with Gasteiger partial charge in [-0.1, -0.05) is 23.7 Å². The molecule has 3 N–H and O–H groups in total. The van der Waals surface area contributed by atoms with Gasteiger partial charge in [-0.05, 0) is 6.07 Å². The molecule has 2 aromatic rings. The minimum Gasteiger partial charge on any atom is -0.395 e. The monoisotopic (exact) mass is 338 g/mol. The van der Waals surface area contributed by atoms with Crippen LogP contribution in [-0.2, 0) is 0 Å². The molecule has 1 aromatic carbocycles. The second kappa shape index (κ2) is 6.66. The van der Waals surface area contributed by atoms with Crippen LogP contribution in [0.2, 0.25) is 5.02 Å². The molecule has 0 saturated carbocycles. The van der Waals surface area contributed by atoms with Crippen molar-refractivity contribution in [3.63, 3.8) is 0 Å². The fraction of sp³-hybridized carbons (Fsp3) is 0.333. The van der Waals surface area contributed by atoms with E-state index in [0.717, 1.165) is 0 Å². The minimum absolute atomic E-state index is 0.0439. The number of piperazine rings is 1. The van der Waals surface area contributed by atoms with Crippen molar-refractivity contribution < 1.29 is 14.3 Å². The van der Waals surface area contributed by atoms with E-state index in [4.69, 9.17) is 11.6 Å². The lowest BCUT2D eigenvalue weighted by Crippen LogP contribution is -2.54. The van der Waals surface area contributed by atoms with E-state index in [-0.39, 0.29) is 29.1 Å². The van der Waals surface area contributed by atoms with E-state index < -0.39 is 5.95 Å². The number of carbonyl (C=O) groups excluding carboxylic acids is 1. The first-order valence-electron chi connectivity index (χ1n) is 7.23. The normalized spacial score (nSPS) is 18.2. The summed E-state index contributed by atoms with van der Waals surface area (Å²) < 4.78 is 13.7. The van der Waals surface area contributed by atoms with E-state index in [0.29, 0.717) is 30.8 Å². The molecule has 1 aliphatic rings. The molecule has 23 heavy (non-hydrogen) atoms. The van der Waals surface area contributed by atoms with Gasteiger partial charge in [0.2, 0.25) is 5.95 Å². The van der Waals surface area contributed by atoms with Crippen LogP contribution >= 0.6 is 11.6 Å². The molecule has 6 nitrogen and oxygen atoms in total. The smallest absolute Gasteiger partial charge is 0.255 e. The highest BCUT2D eigenvalue weighted by Gasteiger charge is 2.26. The molecular weight excluding hydrogens is 323 g/mol. The zero-order valence-electron chi connectivity index (χ0n) is 12.2. The lowest BCUT2D eigenvalue weighted by atomic mass is 10.0. The van der Waals surface area contributed by atoms with Gasteiger partial charge in [-0.2, -0.15) is 4.39 Å². The van der Waals surface area contributed by atoms with Crippen LogP contribution in [0.5, 0.6) is 0 Å². The van der Waals surface area contributed by atoms with Crippen LogP contribution in [0.25, 0.3) is 11.1 Å². The van der Waals surface area contributed by atoms with Crippen molar-refractivity contribution in [2.75, 3.05) is 26.2 Å². The third kappa shape index (κ3) is 3.08. The number of nitrogens with zero attached hydrogens (tertiary/aromatic N) is 2. The summed E-state index contributed by atoms with van der Waals surface area (Å²) in [7, 11) is 0. The van der Waals surface area contributed by atoms with Gasteiger partial charge in [0.1, 0.15) is 0 Å². The molecule has 0 bridgehead atoms. The Hall–Kier alpha value is -1.96. The molecule has 0 aliphatic carbocycles. The first kappa shape index (κ1) is 15.9. The fourth-order valence-corrected chi connectivity index (χ4v) is 2.98. The number of aromatic nitrogens is 2. The van der Waals surface area contributed by atoms with Crippen LogP contribution in [0.4, 0.5) is 4.39 Å². The summed E-state index contributed by atoms with van der Waals surface area (Å²) >= 11 is 6.34. The average molecular weight is 339 g/mol. The summed E-state index contributed by atoms with van der Waals surface area (Å²) in [6.45, 7) is 1.48. The van der Waals surface area contributed by atoms with Gasteiger partial charge in [0.05, 0.1) is 22.8 Å². The van der Waals surface area contributed by atoms with E-state index in [9.17, 15) is 14.3 Å². The van der Waals surface area contributed by atoms with Crippen LogP contribution < -0.4 is 5.32 Å². The van der Waals surface area contributed by atoms with Gasteiger partial charge in [-0.15, -0.1) is 5.10 Å². The fourth-order valence-electron chi connectivity index (χ4n) is 2.67. The molecule has 0 spiro atoms. The SMILES string of the molecule is O=C(c1cccc(-c2c[nH]nc2F)c1Cl)N1CCN[C@H](CO)C1. The molecular formula is C15H16ClFN4O2. The lowest BCUT2D eigenvalue weighted by molar-refractivity contribution is 0.0671. The summed E-state index contributed by atoms with van der Waals surface area (Å²) in [5.74, 6) is -0.903. The molecule has 1 atom stereocenters. The van der Waals surface area contributed by atoms with Crippen LogP contribution in [0, 0.1) is 5.95 Å². The molecule has 1 fully saturated rings. The Labute approximate surface area is 137 Å². The number of rotatable bonds is 3. The molecule has 8 heteroatoms. The van der Waals surface area contributed by atoms with E-state index in [1.807, 2.05) is 0 Å². The van der Waals surface area contributed by atoms with Gasteiger partial charge >= 0.3 is 0 Å². The Morgan fingerprint density at radius 1 is 1.48 bits per heavy atom. The minimum atomic E-state index is -0.668. The molecule has 3 rings (SSSR count). The first-order valence-corrected chi connectivity index (χ1v) is 7.61. The predicted octanol–water partition coefficient (Wildman–Crippen LogP) is 1.28. The molecule has 122 valence electrons. The third-order valence-corrected chi connectivity index (χ3v) is 4.28. The van der Waals surface area contributed by atoms with Crippen molar-refractivity contribution in [1.82, 2.24) is 20.4 Å². The van der Waals surface area contributed by atoms with Gasteiger partial charge in [0.15, 0.2) is 0 Å². The number of benzene rings is 1. The highest BCUT2D eigenvalue weighted by atomic mass is 35.5. The quantitative estimate of drug-likeness (QED) is 0.787. The number of nitrogens with one attached hydrogen (secondary N) is 2. The maximum atomic E-state index is 13.7. The van der Waals surface area contributed by atoms with Crippen LogP contribution in [0.1, 0.15) is 10.4 Å². The van der Waals surface area contributed by atoms with Gasteiger partial charge < -0.3 is 15.3 Å². The van der Waals surface area contributed by atoms with Gasteiger partial charge in [0.25, 0.3) is 5.91 Å². The maximum Gasteiger partial charge on any atom is 0.255 e. The van der Waals surface area contributed by atoms with Gasteiger partial charge in [-0.3, -0.25) is 9.89 Å². The van der Waals surface area contributed by atoms with Crippen molar-refractivity contribution in [3.8, 4) is 11.1 Å². The Balaban J connectivity index is 1.91. The number of aromatic amines is 1. The van der Waals surface area contributed by atoms with Crippen molar-refractivity contribution in [3.05, 3.63) is 40.9 Å². The topological polar surface area (TPSA) is 81.2 Å². The third-order valence-electron chi connectivity index (χ3n) is 3.88. The van der Waals surface area contributed by atoms with Crippen LogP contribution in [0.3, 0.4) is 0 Å². The van der Waals surface area contributed by atoms with E-state index in [1.54, 1.807) is 23.1 Å². The number of hydrogen-bond donors (Lipinski definition) is 3. The number of carbonyl (C=O) groups is 1. The summed E-state index contributed by atoms with van der Waals surface area (Å²) in [5, 5.41) is 18.4. The highest BCUT2D eigenvalue weighted by molar-refractivity contribution is 6.36. The molecule has 1 saturated heterocycles. The second-order valence-electron chi connectivity index (χ2n) is 5.34. The predicted molar refractivity (Wildman–Crippen MR) is 83.8 cm³/mol. The Morgan fingerprint density at radius 2 is 2.30 bits per heavy atom. The largest absolute Gasteiger partial charge is 0.395 e. The van der Waals surface area contributed by atoms with E-state index in [1.165, 1.54) is 6.20 Å². The molecule has 1 aromatic heterocycles. The standard InChI is InChI=1S/C15H16ClFN4O2/c16-13-10(12-6-19-20-14(12)17)2-1-3-11(13)15(23)21-5-4-18-9(7-21)8-22/h1-3,6,9,18,22H,4-5,7-8H2,(H,19,20)/t9-/m0/s1. The number of H-pyrrole nitrogens is 1. The molecule has 0 unspecified atom stereocenters. The van der Waals surface area contributed by atoms with Crippen molar-refractivity contribution in [2.45, 2.75) is 6.04 Å². The van der Waals surface area contributed by atoms with Crippen molar-refractivity contribution in [2.24, 2.45) is 0 Å². The summed E-state index contributed by atoms with van der Waals surface area (Å²) in [6, 6.07) is 4.76. The average Bonchev–Trinajstić information content (AvgIpc) is 3.00. The zero-order valence-corrected chi connectivity index (χ0v) is 13.0. The molecule has 2 heterocycles. The van der Waals surface area contributed by atoms with Gasteiger partial charge in [-0.25, -0.2) is 0 Å². The van der Waals surface area contributed by atoms with Gasteiger partial charge in [0, 0.05) is 37.4 Å². The number of aliphatic hydroxyl groups is 1. The highest BCUT2D eigenvalue weighted by Crippen LogP contribution is 2.32. The zero-order chi connectivity index (χ0) is 16.4. The number of amides is 1. The van der Waals surface area contributed by atoms with Crippen LogP contribution in [0.15, 0.2) is 24.4 Å². The maximum absolute atomic E-state index is 13.7. The van der Waals surface area contributed by atoms with Crippen molar-refractivity contribution in [1.29, 1.82) is 0 Å². The summed E-state index contributed by atoms with van der Waals surface area (Å²) in [6.07, 6.45) is 1.40. The molecule has 0 radical (unpaired) electrons. The second-order valence-corrected chi connectivity index (χ2v) is 5.72. The number of aliphatic hydroxyl groups excluding tert-OH is 1. The Morgan fingerprint density at radius 3 is 3.00 bits per heavy atom. The summed E-state index contributed by atoms with van der Waals surface area (Å²) in [5.41, 5.74) is 0.944. The van der Waals surface area contributed by atoms with E-state index in [2.05, 4.69) is 15.5 Å². The molecule has 1 aliphatic heterocycles. The number of hydrogen-bond acceptors (Lipinski definition) is 4. The lowest BCUT2D eigenvalue weighted by Gasteiger charge is -2.33. The summed E-state index contributed by atoms with van der Waals surface area (Å²) in [4.78, 5) is 14.3. The number of halogens is 2. The van der Waals surface area contributed by atoms with Crippen molar-refractivity contribution >= 4 is 17.5 Å². The Kier molecular flexibility index (Phi) is 4.61. The first-order chi connectivity index (χ1) is 11.1.